The summed E-state index contributed by atoms with van der Waals surface area (Å²) in [7, 11) is 0. The molecule has 0 spiro atoms. The maximum absolute atomic E-state index is 13.3. The average Bonchev–Trinajstić information content (AvgIpc) is 3.15. The number of para-hydroxylation sites is 1. The first-order valence-electron chi connectivity index (χ1n) is 10.0. The van der Waals surface area contributed by atoms with Gasteiger partial charge in [-0.15, -0.1) is 10.2 Å². The summed E-state index contributed by atoms with van der Waals surface area (Å²) >= 11 is 7.46. The predicted molar refractivity (Wildman–Crippen MR) is 121 cm³/mol. The van der Waals surface area contributed by atoms with Gasteiger partial charge in [-0.05, 0) is 43.2 Å². The Kier molecular flexibility index (Phi) is 8.31. The van der Waals surface area contributed by atoms with E-state index in [4.69, 9.17) is 16.3 Å². The lowest BCUT2D eigenvalue weighted by Gasteiger charge is -2.19. The van der Waals surface area contributed by atoms with E-state index in [1.165, 1.54) is 23.9 Å². The molecule has 1 amide bonds. The number of amides is 1. The highest BCUT2D eigenvalue weighted by molar-refractivity contribution is 7.99. The van der Waals surface area contributed by atoms with E-state index < -0.39 is 5.82 Å². The van der Waals surface area contributed by atoms with Gasteiger partial charge in [0, 0.05) is 11.7 Å². The Morgan fingerprint density at radius 3 is 2.68 bits per heavy atom. The molecule has 3 aromatic rings. The van der Waals surface area contributed by atoms with Gasteiger partial charge in [0.2, 0.25) is 5.91 Å². The third-order valence-corrected chi connectivity index (χ3v) is 5.93. The van der Waals surface area contributed by atoms with Crippen LogP contribution in [0.25, 0.3) is 0 Å². The van der Waals surface area contributed by atoms with Crippen molar-refractivity contribution < 1.29 is 13.9 Å². The summed E-state index contributed by atoms with van der Waals surface area (Å²) in [5.41, 5.74) is 0.417. The van der Waals surface area contributed by atoms with Crippen LogP contribution in [0.2, 0.25) is 5.02 Å². The largest absolute Gasteiger partial charge is 0.484 e. The van der Waals surface area contributed by atoms with Gasteiger partial charge >= 0.3 is 0 Å². The number of hydrogen-bond acceptors (Lipinski definition) is 5. The van der Waals surface area contributed by atoms with Crippen LogP contribution in [-0.2, 0) is 11.4 Å². The van der Waals surface area contributed by atoms with Crippen LogP contribution in [0.4, 0.5) is 10.1 Å². The van der Waals surface area contributed by atoms with E-state index in [1.54, 1.807) is 24.3 Å². The summed E-state index contributed by atoms with van der Waals surface area (Å²) in [4.78, 5) is 12.3. The first-order valence-corrected chi connectivity index (χ1v) is 11.4. The lowest BCUT2D eigenvalue weighted by atomic mass is 10.2. The molecule has 31 heavy (non-hydrogen) atoms. The maximum Gasteiger partial charge on any atom is 0.234 e. The number of hydrogen-bond donors (Lipinski definition) is 1. The second-order valence-corrected chi connectivity index (χ2v) is 8.16. The number of nitrogens with zero attached hydrogens (tertiary/aromatic N) is 3. The van der Waals surface area contributed by atoms with Gasteiger partial charge in [-0.1, -0.05) is 55.4 Å². The van der Waals surface area contributed by atoms with Gasteiger partial charge < -0.3 is 14.6 Å². The second-order valence-electron chi connectivity index (χ2n) is 6.81. The zero-order valence-electron chi connectivity index (χ0n) is 17.3. The van der Waals surface area contributed by atoms with E-state index in [1.807, 2.05) is 16.7 Å². The second kappa shape index (κ2) is 11.2. The highest BCUT2D eigenvalue weighted by Crippen LogP contribution is 2.28. The minimum atomic E-state index is -0.401. The van der Waals surface area contributed by atoms with Crippen LogP contribution in [0.15, 0.2) is 53.7 Å². The van der Waals surface area contributed by atoms with E-state index in [2.05, 4.69) is 29.4 Å². The zero-order chi connectivity index (χ0) is 22.2. The zero-order valence-corrected chi connectivity index (χ0v) is 18.9. The van der Waals surface area contributed by atoms with Crippen molar-refractivity contribution in [3.05, 3.63) is 65.2 Å². The molecular weight excluding hydrogens is 439 g/mol. The molecule has 1 aromatic heterocycles. The SMILES string of the molecule is CCC(CC)n1c(COc2ccccc2Cl)nnc1SCC(=O)Nc1cccc(F)c1. The first kappa shape index (κ1) is 23.1. The lowest BCUT2D eigenvalue weighted by Crippen LogP contribution is -2.17. The van der Waals surface area contributed by atoms with E-state index in [9.17, 15) is 9.18 Å². The number of halogens is 2. The molecule has 0 fully saturated rings. The molecule has 6 nitrogen and oxygen atoms in total. The van der Waals surface area contributed by atoms with E-state index >= 15 is 0 Å². The molecule has 0 aliphatic carbocycles. The molecule has 0 radical (unpaired) electrons. The van der Waals surface area contributed by atoms with Crippen molar-refractivity contribution >= 4 is 35.0 Å². The van der Waals surface area contributed by atoms with Crippen LogP contribution >= 0.6 is 23.4 Å². The summed E-state index contributed by atoms with van der Waals surface area (Å²) in [5.74, 6) is 0.722. The standard InChI is InChI=1S/C22H24ClFN4O2S/c1-3-17(4-2)28-20(13-30-19-11-6-5-10-18(19)23)26-27-22(28)31-14-21(29)25-16-9-7-8-15(24)12-16/h5-12,17H,3-4,13-14H2,1-2H3,(H,25,29). The Morgan fingerprint density at radius 1 is 1.19 bits per heavy atom. The van der Waals surface area contributed by atoms with Gasteiger partial charge in [-0.3, -0.25) is 4.79 Å². The molecule has 0 aliphatic heterocycles. The Labute approximate surface area is 190 Å². The number of rotatable bonds is 10. The van der Waals surface area contributed by atoms with E-state index in [0.29, 0.717) is 27.4 Å². The highest BCUT2D eigenvalue weighted by atomic mass is 35.5. The fourth-order valence-electron chi connectivity index (χ4n) is 3.12. The van der Waals surface area contributed by atoms with Crippen LogP contribution in [-0.4, -0.2) is 26.4 Å². The van der Waals surface area contributed by atoms with Crippen molar-refractivity contribution in [2.45, 2.75) is 44.5 Å². The van der Waals surface area contributed by atoms with Crippen LogP contribution in [0.3, 0.4) is 0 Å². The maximum atomic E-state index is 13.3. The van der Waals surface area contributed by atoms with Crippen molar-refractivity contribution in [1.29, 1.82) is 0 Å². The number of aromatic nitrogens is 3. The van der Waals surface area contributed by atoms with Crippen LogP contribution in [0.1, 0.15) is 38.6 Å². The van der Waals surface area contributed by atoms with Crippen LogP contribution in [0.5, 0.6) is 5.75 Å². The number of carbonyl (C=O) groups is 1. The van der Waals surface area contributed by atoms with Gasteiger partial charge in [0.1, 0.15) is 18.2 Å². The Bertz CT molecular complexity index is 1030. The molecule has 1 heterocycles. The summed E-state index contributed by atoms with van der Waals surface area (Å²) in [6.07, 6.45) is 1.77. The van der Waals surface area contributed by atoms with Crippen molar-refractivity contribution in [2.75, 3.05) is 11.1 Å². The molecule has 9 heteroatoms. The van der Waals surface area contributed by atoms with Gasteiger partial charge in [0.05, 0.1) is 10.8 Å². The minimum Gasteiger partial charge on any atom is -0.484 e. The smallest absolute Gasteiger partial charge is 0.234 e. The van der Waals surface area contributed by atoms with Crippen molar-refractivity contribution in [3.63, 3.8) is 0 Å². The van der Waals surface area contributed by atoms with Gasteiger partial charge in [0.25, 0.3) is 0 Å². The Hall–Kier alpha value is -2.58. The topological polar surface area (TPSA) is 69.0 Å². The molecule has 0 bridgehead atoms. The number of nitrogens with one attached hydrogen (secondary N) is 1. The number of ether oxygens (including phenoxy) is 1. The highest BCUT2D eigenvalue weighted by Gasteiger charge is 2.20. The monoisotopic (exact) mass is 462 g/mol. The number of carbonyl (C=O) groups excluding carboxylic acids is 1. The van der Waals surface area contributed by atoms with E-state index in [-0.39, 0.29) is 24.3 Å². The molecule has 0 atom stereocenters. The van der Waals surface area contributed by atoms with Crippen molar-refractivity contribution in [3.8, 4) is 5.75 Å². The lowest BCUT2D eigenvalue weighted by molar-refractivity contribution is -0.113. The van der Waals surface area contributed by atoms with Crippen molar-refractivity contribution in [2.24, 2.45) is 0 Å². The molecule has 1 N–H and O–H groups in total. The number of thioether (sulfide) groups is 1. The molecule has 3 rings (SSSR count). The molecule has 2 aromatic carbocycles. The summed E-state index contributed by atoms with van der Waals surface area (Å²) in [5, 5.41) is 12.4. The van der Waals surface area contributed by atoms with Gasteiger partial charge in [-0.25, -0.2) is 4.39 Å². The Morgan fingerprint density at radius 2 is 1.97 bits per heavy atom. The van der Waals surface area contributed by atoms with Crippen molar-refractivity contribution in [1.82, 2.24) is 14.8 Å². The number of benzene rings is 2. The van der Waals surface area contributed by atoms with E-state index in [0.717, 1.165) is 12.8 Å². The summed E-state index contributed by atoms with van der Waals surface area (Å²) in [6, 6.07) is 13.2. The van der Waals surface area contributed by atoms with Gasteiger partial charge in [0.15, 0.2) is 11.0 Å². The van der Waals surface area contributed by atoms with Gasteiger partial charge in [-0.2, -0.15) is 0 Å². The molecule has 0 saturated heterocycles. The third-order valence-electron chi connectivity index (χ3n) is 4.68. The summed E-state index contributed by atoms with van der Waals surface area (Å²) in [6.45, 7) is 4.40. The molecule has 0 unspecified atom stereocenters. The fourth-order valence-corrected chi connectivity index (χ4v) is 4.14. The number of anilines is 1. The quantitative estimate of drug-likeness (QED) is 0.389. The minimum absolute atomic E-state index is 0.125. The Balaban J connectivity index is 1.70. The van der Waals surface area contributed by atoms with Crippen LogP contribution in [0, 0.1) is 5.82 Å². The summed E-state index contributed by atoms with van der Waals surface area (Å²) < 4.78 is 21.2. The normalized spacial score (nSPS) is 11.0. The molecule has 0 saturated carbocycles. The third kappa shape index (κ3) is 6.21. The average molecular weight is 463 g/mol. The predicted octanol–water partition coefficient (Wildman–Crippen LogP) is 5.74. The fraction of sp³-hybridized carbons (Fsp3) is 0.318. The molecule has 164 valence electrons. The molecule has 0 aliphatic rings. The van der Waals surface area contributed by atoms with Crippen LogP contribution < -0.4 is 10.1 Å². The molecular formula is C22H24ClFN4O2S. The first-order chi connectivity index (χ1) is 15.0.